The molecule has 21 heavy (non-hydrogen) atoms. The molecule has 0 aromatic heterocycles. The first-order valence-corrected chi connectivity index (χ1v) is 7.11. The molecule has 1 atom stereocenters. The van der Waals surface area contributed by atoms with Crippen molar-refractivity contribution in [2.45, 2.75) is 13.0 Å². The van der Waals surface area contributed by atoms with Gasteiger partial charge in [0.15, 0.2) is 6.67 Å². The normalized spacial score (nSPS) is 16.6. The molecule has 1 aromatic rings. The molecule has 1 saturated heterocycles. The van der Waals surface area contributed by atoms with Crippen LogP contribution in [0.5, 0.6) is 5.75 Å². The van der Waals surface area contributed by atoms with E-state index in [1.54, 1.807) is 13.2 Å². The highest BCUT2D eigenvalue weighted by atomic mass is 35.5. The van der Waals surface area contributed by atoms with Crippen LogP contribution < -0.4 is 15.0 Å². The van der Waals surface area contributed by atoms with Gasteiger partial charge >= 0.3 is 6.03 Å². The first-order valence-electron chi connectivity index (χ1n) is 6.73. The minimum Gasteiger partial charge on any atom is -0.496 e. The maximum absolute atomic E-state index is 11.8. The number of nitrogens with zero attached hydrogens (tertiary/aromatic N) is 1. The van der Waals surface area contributed by atoms with Crippen LogP contribution in [-0.4, -0.2) is 44.2 Å². The molecule has 0 saturated carbocycles. The second kappa shape index (κ2) is 6.78. The number of rotatable bonds is 5. The summed E-state index contributed by atoms with van der Waals surface area (Å²) in [6.45, 7) is 1.32. The summed E-state index contributed by atoms with van der Waals surface area (Å²) in [5, 5.41) is 3.30. The Balaban J connectivity index is 2.04. The van der Waals surface area contributed by atoms with Crippen LogP contribution in [0.2, 0.25) is 5.02 Å². The maximum atomic E-state index is 11.8. The average molecular weight is 313 g/mol. The number of amides is 3. The lowest BCUT2D eigenvalue weighted by Gasteiger charge is -2.27. The van der Waals surface area contributed by atoms with Crippen LogP contribution in [0.3, 0.4) is 0 Å². The van der Waals surface area contributed by atoms with Gasteiger partial charge in [-0.25, -0.2) is 9.69 Å². The average Bonchev–Trinajstić information content (AvgIpc) is 2.43. The first-order chi connectivity index (χ1) is 10.0. The number of benzene rings is 1. The van der Waals surface area contributed by atoms with Gasteiger partial charge in [0.25, 0.3) is 0 Å². The number of quaternary nitrogens is 1. The summed E-state index contributed by atoms with van der Waals surface area (Å²) in [6, 6.07) is 5.08. The van der Waals surface area contributed by atoms with Crippen molar-refractivity contribution in [3.05, 3.63) is 28.8 Å². The van der Waals surface area contributed by atoms with Crippen LogP contribution in [-0.2, 0) is 11.3 Å². The number of hydrogen-bond donors (Lipinski definition) is 2. The van der Waals surface area contributed by atoms with E-state index >= 15 is 0 Å². The highest BCUT2D eigenvalue weighted by molar-refractivity contribution is 6.30. The number of methoxy groups -OCH3 is 1. The van der Waals surface area contributed by atoms with Crippen molar-refractivity contribution >= 4 is 23.5 Å². The third kappa shape index (κ3) is 3.86. The second-order valence-electron chi connectivity index (χ2n) is 5.05. The lowest BCUT2D eigenvalue weighted by molar-refractivity contribution is -0.901. The topological polar surface area (TPSA) is 63.1 Å². The molecule has 114 valence electrons. The molecule has 1 fully saturated rings. The Bertz CT molecular complexity index is 534. The molecule has 1 aliphatic rings. The third-order valence-corrected chi connectivity index (χ3v) is 3.56. The van der Waals surface area contributed by atoms with Gasteiger partial charge in [-0.15, -0.1) is 0 Å². The molecule has 1 unspecified atom stereocenters. The molecule has 1 aliphatic heterocycles. The summed E-state index contributed by atoms with van der Waals surface area (Å²) >= 11 is 6.00. The molecule has 1 aromatic carbocycles. The fourth-order valence-electron chi connectivity index (χ4n) is 2.32. The Hall–Kier alpha value is -1.79. The van der Waals surface area contributed by atoms with Gasteiger partial charge in [-0.05, 0) is 18.2 Å². The Morgan fingerprint density at radius 1 is 1.43 bits per heavy atom. The van der Waals surface area contributed by atoms with Crippen molar-refractivity contribution in [1.82, 2.24) is 10.2 Å². The molecular formula is C14H19ClN3O3+. The molecule has 0 bridgehead atoms. The summed E-state index contributed by atoms with van der Waals surface area (Å²) in [7, 11) is 3.51. The van der Waals surface area contributed by atoms with E-state index in [9.17, 15) is 9.59 Å². The van der Waals surface area contributed by atoms with E-state index in [-0.39, 0.29) is 11.9 Å². The van der Waals surface area contributed by atoms with Crippen molar-refractivity contribution in [1.29, 1.82) is 0 Å². The van der Waals surface area contributed by atoms with Crippen LogP contribution in [0, 0.1) is 0 Å². The van der Waals surface area contributed by atoms with Gasteiger partial charge in [0, 0.05) is 23.6 Å². The number of ether oxygens (including phenoxy) is 1. The second-order valence-corrected chi connectivity index (χ2v) is 5.49. The first kappa shape index (κ1) is 15.6. The Morgan fingerprint density at radius 3 is 2.86 bits per heavy atom. The molecule has 6 nitrogen and oxygen atoms in total. The zero-order valence-electron chi connectivity index (χ0n) is 12.1. The van der Waals surface area contributed by atoms with Crippen LogP contribution in [0.15, 0.2) is 18.2 Å². The molecule has 0 radical (unpaired) electrons. The number of hydrogen-bond acceptors (Lipinski definition) is 3. The van der Waals surface area contributed by atoms with Crippen LogP contribution in [0.4, 0.5) is 4.79 Å². The minimum absolute atomic E-state index is 0.142. The largest absolute Gasteiger partial charge is 0.496 e. The summed E-state index contributed by atoms with van der Waals surface area (Å²) in [4.78, 5) is 25.7. The predicted molar refractivity (Wildman–Crippen MR) is 78.3 cm³/mol. The van der Waals surface area contributed by atoms with Gasteiger partial charge < -0.3 is 15.0 Å². The number of urea groups is 1. The zero-order valence-corrected chi connectivity index (χ0v) is 12.9. The smallest absolute Gasteiger partial charge is 0.328 e. The van der Waals surface area contributed by atoms with E-state index in [4.69, 9.17) is 16.3 Å². The van der Waals surface area contributed by atoms with Crippen LogP contribution >= 0.6 is 11.6 Å². The molecular weight excluding hydrogens is 294 g/mol. The zero-order chi connectivity index (χ0) is 15.4. The van der Waals surface area contributed by atoms with Gasteiger partial charge in [0.2, 0.25) is 5.91 Å². The van der Waals surface area contributed by atoms with Gasteiger partial charge in [0.1, 0.15) is 12.3 Å². The van der Waals surface area contributed by atoms with E-state index in [0.29, 0.717) is 31.2 Å². The van der Waals surface area contributed by atoms with Crippen LogP contribution in [0.1, 0.15) is 12.0 Å². The monoisotopic (exact) mass is 312 g/mol. The molecule has 1 heterocycles. The van der Waals surface area contributed by atoms with E-state index in [2.05, 4.69) is 5.32 Å². The Labute approximate surface area is 128 Å². The highest BCUT2D eigenvalue weighted by Gasteiger charge is 2.28. The lowest BCUT2D eigenvalue weighted by Crippen LogP contribution is -3.09. The number of carbonyl (C=O) groups is 2. The van der Waals surface area contributed by atoms with Crippen LogP contribution in [0.25, 0.3) is 0 Å². The van der Waals surface area contributed by atoms with Gasteiger partial charge in [-0.1, -0.05) is 11.6 Å². The Morgan fingerprint density at radius 2 is 2.19 bits per heavy atom. The van der Waals surface area contributed by atoms with Crippen molar-refractivity contribution in [3.8, 4) is 5.75 Å². The van der Waals surface area contributed by atoms with E-state index in [0.717, 1.165) is 16.2 Å². The lowest BCUT2D eigenvalue weighted by atomic mass is 10.2. The SMILES string of the molecule is COc1ccc(Cl)cc1C[NH+](C)CN1C(=O)CCNC1=O. The third-order valence-electron chi connectivity index (χ3n) is 3.32. The molecule has 2 rings (SSSR count). The number of carbonyl (C=O) groups excluding carboxylic acids is 2. The van der Waals surface area contributed by atoms with Gasteiger partial charge in [0.05, 0.1) is 14.2 Å². The van der Waals surface area contributed by atoms with E-state index in [1.165, 1.54) is 4.90 Å². The van der Waals surface area contributed by atoms with Crippen molar-refractivity contribution in [2.24, 2.45) is 0 Å². The van der Waals surface area contributed by atoms with Gasteiger partial charge in [-0.2, -0.15) is 0 Å². The maximum Gasteiger partial charge on any atom is 0.328 e. The molecule has 0 spiro atoms. The fourth-order valence-corrected chi connectivity index (χ4v) is 2.51. The van der Waals surface area contributed by atoms with Crippen molar-refractivity contribution < 1.29 is 19.2 Å². The predicted octanol–water partition coefficient (Wildman–Crippen LogP) is 0.263. The molecule has 7 heteroatoms. The standard InChI is InChI=1S/C14H18ClN3O3/c1-17(9-18-13(19)5-6-16-14(18)20)8-10-7-11(15)3-4-12(10)21-2/h3-4,7H,5-6,8-9H2,1-2H3,(H,16,20)/p+1. The molecule has 2 N–H and O–H groups in total. The molecule has 0 aliphatic carbocycles. The van der Waals surface area contributed by atoms with E-state index in [1.807, 2.05) is 19.2 Å². The summed E-state index contributed by atoms with van der Waals surface area (Å²) < 4.78 is 5.30. The summed E-state index contributed by atoms with van der Waals surface area (Å²) in [6.07, 6.45) is 0.347. The number of halogens is 1. The molecule has 3 amide bonds. The van der Waals surface area contributed by atoms with Gasteiger partial charge in [-0.3, -0.25) is 4.79 Å². The fraction of sp³-hybridized carbons (Fsp3) is 0.429. The highest BCUT2D eigenvalue weighted by Crippen LogP contribution is 2.21. The summed E-state index contributed by atoms with van der Waals surface area (Å²) in [5.74, 6) is 0.601. The summed E-state index contributed by atoms with van der Waals surface area (Å²) in [5.41, 5.74) is 0.937. The number of imide groups is 1. The van der Waals surface area contributed by atoms with Crippen molar-refractivity contribution in [2.75, 3.05) is 27.4 Å². The van der Waals surface area contributed by atoms with Crippen molar-refractivity contribution in [3.63, 3.8) is 0 Å². The van der Waals surface area contributed by atoms with E-state index < -0.39 is 0 Å². The quantitative estimate of drug-likeness (QED) is 0.820. The minimum atomic E-state index is -0.330. The number of nitrogens with one attached hydrogen (secondary N) is 2. The Kier molecular flexibility index (Phi) is 5.03.